The Hall–Kier alpha value is -3.56. The molecule has 5 rings (SSSR count). The van der Waals surface area contributed by atoms with E-state index in [2.05, 4.69) is 60.7 Å². The van der Waals surface area contributed by atoms with Crippen LogP contribution in [0.3, 0.4) is 0 Å². The van der Waals surface area contributed by atoms with Crippen molar-refractivity contribution in [2.24, 2.45) is 0 Å². The van der Waals surface area contributed by atoms with Crippen LogP contribution in [-0.2, 0) is 18.3 Å². The average Bonchev–Trinajstić information content (AvgIpc) is 2.88. The highest BCUT2D eigenvalue weighted by molar-refractivity contribution is 5.57. The lowest BCUT2D eigenvalue weighted by Gasteiger charge is -2.43. The van der Waals surface area contributed by atoms with Gasteiger partial charge in [0.1, 0.15) is 17.6 Å². The minimum atomic E-state index is -0.628. The molecule has 3 heteroatoms. The van der Waals surface area contributed by atoms with Gasteiger partial charge in [0.2, 0.25) is 0 Å². The van der Waals surface area contributed by atoms with E-state index in [4.69, 9.17) is 9.47 Å². The Morgan fingerprint density at radius 1 is 0.606 bits per heavy atom. The number of aliphatic hydroxyl groups is 1. The smallest absolute Gasteiger partial charge is 0.118 e. The van der Waals surface area contributed by atoms with Gasteiger partial charge in [-0.15, -0.1) is 0 Å². The lowest BCUT2D eigenvalue weighted by atomic mass is 9.60. The van der Waals surface area contributed by atoms with Gasteiger partial charge in [0.05, 0.1) is 14.2 Å². The van der Waals surface area contributed by atoms with E-state index in [9.17, 15) is 5.11 Å². The number of hydrogen-bond acceptors (Lipinski definition) is 3. The molecular formula is C30H28O3. The minimum Gasteiger partial charge on any atom is -0.497 e. The molecule has 0 unspecified atom stereocenters. The van der Waals surface area contributed by atoms with Crippen LogP contribution in [0.2, 0.25) is 0 Å². The standard InChI is InChI=1S/C30H28O3/c1-32-23-15-11-21(12-16-23)19-30(20-22-13-17-24(33-2)18-14-22)27-9-5-3-7-25(27)29(31)26-8-4-6-10-28(26)30/h3-18,29,31H,19-20H2,1-2H3. The molecule has 0 aliphatic heterocycles. The van der Waals surface area contributed by atoms with Crippen molar-refractivity contribution in [3.63, 3.8) is 0 Å². The van der Waals surface area contributed by atoms with E-state index in [1.165, 1.54) is 22.3 Å². The molecular weight excluding hydrogens is 408 g/mol. The lowest BCUT2D eigenvalue weighted by molar-refractivity contribution is 0.207. The van der Waals surface area contributed by atoms with Crippen molar-refractivity contribution in [3.8, 4) is 11.5 Å². The Morgan fingerprint density at radius 3 is 1.39 bits per heavy atom. The molecule has 0 amide bonds. The SMILES string of the molecule is COc1ccc(CC2(Cc3ccc(OC)cc3)c3ccccc3C(O)c3ccccc32)cc1. The first-order valence-electron chi connectivity index (χ1n) is 11.3. The fourth-order valence-electron chi connectivity index (χ4n) is 5.28. The summed E-state index contributed by atoms with van der Waals surface area (Å²) in [5.74, 6) is 1.70. The molecule has 0 atom stereocenters. The minimum absolute atomic E-state index is 0.324. The normalized spacial score (nSPS) is 14.3. The number of fused-ring (bicyclic) bond motifs is 2. The van der Waals surface area contributed by atoms with E-state index in [0.717, 1.165) is 35.5 Å². The molecule has 0 saturated heterocycles. The first-order chi connectivity index (χ1) is 16.1. The average molecular weight is 437 g/mol. The number of hydrogen-bond donors (Lipinski definition) is 1. The van der Waals surface area contributed by atoms with Crippen LogP contribution in [0.1, 0.15) is 39.5 Å². The molecule has 1 aliphatic carbocycles. The second-order valence-electron chi connectivity index (χ2n) is 8.71. The van der Waals surface area contributed by atoms with Crippen LogP contribution in [-0.4, -0.2) is 19.3 Å². The zero-order chi connectivity index (χ0) is 22.8. The zero-order valence-corrected chi connectivity index (χ0v) is 19.0. The second-order valence-corrected chi connectivity index (χ2v) is 8.71. The molecule has 1 N–H and O–H groups in total. The predicted octanol–water partition coefficient (Wildman–Crippen LogP) is 5.87. The third-order valence-electron chi connectivity index (χ3n) is 6.87. The quantitative estimate of drug-likeness (QED) is 0.411. The van der Waals surface area contributed by atoms with Crippen LogP contribution in [0.4, 0.5) is 0 Å². The molecule has 4 aromatic carbocycles. The Balaban J connectivity index is 1.71. The molecule has 0 radical (unpaired) electrons. The number of rotatable bonds is 6. The van der Waals surface area contributed by atoms with E-state index in [1.807, 2.05) is 36.4 Å². The molecule has 3 nitrogen and oxygen atoms in total. The third-order valence-corrected chi connectivity index (χ3v) is 6.87. The summed E-state index contributed by atoms with van der Waals surface area (Å²) in [6, 6.07) is 33.3. The first kappa shape index (κ1) is 21.3. The number of methoxy groups -OCH3 is 2. The molecule has 4 aromatic rings. The maximum Gasteiger partial charge on any atom is 0.118 e. The van der Waals surface area contributed by atoms with Crippen molar-refractivity contribution in [3.05, 3.63) is 130 Å². The molecule has 33 heavy (non-hydrogen) atoms. The maximum absolute atomic E-state index is 11.3. The van der Waals surface area contributed by atoms with Crippen molar-refractivity contribution in [2.75, 3.05) is 14.2 Å². The van der Waals surface area contributed by atoms with E-state index < -0.39 is 6.10 Å². The van der Waals surface area contributed by atoms with E-state index in [1.54, 1.807) is 14.2 Å². The van der Waals surface area contributed by atoms with Crippen LogP contribution in [0, 0.1) is 0 Å². The van der Waals surface area contributed by atoms with Crippen molar-refractivity contribution in [1.29, 1.82) is 0 Å². The summed E-state index contributed by atoms with van der Waals surface area (Å²) >= 11 is 0. The Labute approximate surface area is 195 Å². The summed E-state index contributed by atoms with van der Waals surface area (Å²) in [4.78, 5) is 0. The first-order valence-corrected chi connectivity index (χ1v) is 11.3. The highest BCUT2D eigenvalue weighted by atomic mass is 16.5. The largest absolute Gasteiger partial charge is 0.497 e. The van der Waals surface area contributed by atoms with Gasteiger partial charge in [0.15, 0.2) is 0 Å². The Kier molecular flexibility index (Phi) is 5.65. The number of ether oxygens (including phenoxy) is 2. The van der Waals surface area contributed by atoms with Crippen LogP contribution in [0.25, 0.3) is 0 Å². The zero-order valence-electron chi connectivity index (χ0n) is 19.0. The van der Waals surface area contributed by atoms with Gasteiger partial charge in [0.25, 0.3) is 0 Å². The van der Waals surface area contributed by atoms with Gasteiger partial charge in [-0.1, -0.05) is 72.8 Å². The summed E-state index contributed by atoms with van der Waals surface area (Å²) in [7, 11) is 3.38. The van der Waals surface area contributed by atoms with Gasteiger partial charge < -0.3 is 14.6 Å². The summed E-state index contributed by atoms with van der Waals surface area (Å²) in [6.07, 6.45) is 0.991. The van der Waals surface area contributed by atoms with Crippen LogP contribution in [0.15, 0.2) is 97.1 Å². The van der Waals surface area contributed by atoms with Gasteiger partial charge in [0, 0.05) is 5.41 Å². The van der Waals surface area contributed by atoms with Gasteiger partial charge in [-0.3, -0.25) is 0 Å². The fourth-order valence-corrected chi connectivity index (χ4v) is 5.28. The topological polar surface area (TPSA) is 38.7 Å². The monoisotopic (exact) mass is 436 g/mol. The third kappa shape index (κ3) is 3.79. The van der Waals surface area contributed by atoms with Crippen molar-refractivity contribution >= 4 is 0 Å². The molecule has 0 fully saturated rings. The summed E-state index contributed by atoms with van der Waals surface area (Å²) in [5.41, 5.74) is 6.47. The van der Waals surface area contributed by atoms with Crippen LogP contribution < -0.4 is 9.47 Å². The van der Waals surface area contributed by atoms with E-state index >= 15 is 0 Å². The molecule has 0 bridgehead atoms. The molecule has 1 aliphatic rings. The molecule has 0 heterocycles. The van der Waals surface area contributed by atoms with E-state index in [-0.39, 0.29) is 5.41 Å². The van der Waals surface area contributed by atoms with Crippen molar-refractivity contribution < 1.29 is 14.6 Å². The van der Waals surface area contributed by atoms with Gasteiger partial charge in [-0.2, -0.15) is 0 Å². The summed E-state index contributed by atoms with van der Waals surface area (Å²) in [6.45, 7) is 0. The molecule has 0 aromatic heterocycles. The summed E-state index contributed by atoms with van der Waals surface area (Å²) < 4.78 is 10.8. The van der Waals surface area contributed by atoms with Gasteiger partial charge >= 0.3 is 0 Å². The van der Waals surface area contributed by atoms with Gasteiger partial charge in [-0.25, -0.2) is 0 Å². The molecule has 0 saturated carbocycles. The van der Waals surface area contributed by atoms with E-state index in [0.29, 0.717) is 0 Å². The Bertz CT molecular complexity index is 1140. The lowest BCUT2D eigenvalue weighted by Crippen LogP contribution is -2.39. The van der Waals surface area contributed by atoms with Crippen molar-refractivity contribution in [2.45, 2.75) is 24.4 Å². The van der Waals surface area contributed by atoms with Gasteiger partial charge in [-0.05, 0) is 70.5 Å². The fraction of sp³-hybridized carbons (Fsp3) is 0.200. The highest BCUT2D eigenvalue weighted by Gasteiger charge is 2.43. The van der Waals surface area contributed by atoms with Crippen LogP contribution >= 0.6 is 0 Å². The maximum atomic E-state index is 11.3. The highest BCUT2D eigenvalue weighted by Crippen LogP contribution is 2.49. The number of aliphatic hydroxyl groups excluding tert-OH is 1. The summed E-state index contributed by atoms with van der Waals surface area (Å²) in [5, 5.41) is 11.3. The Morgan fingerprint density at radius 2 is 1.00 bits per heavy atom. The second kappa shape index (κ2) is 8.76. The number of benzene rings is 4. The van der Waals surface area contributed by atoms with Crippen molar-refractivity contribution in [1.82, 2.24) is 0 Å². The molecule has 166 valence electrons. The molecule has 0 spiro atoms. The van der Waals surface area contributed by atoms with Crippen LogP contribution in [0.5, 0.6) is 11.5 Å². The predicted molar refractivity (Wildman–Crippen MR) is 131 cm³/mol.